The number of hydrogen-bond acceptors (Lipinski definition) is 2. The van der Waals surface area contributed by atoms with Crippen molar-refractivity contribution in [3.63, 3.8) is 0 Å². The Morgan fingerprint density at radius 2 is 1.75 bits per heavy atom. The van der Waals surface area contributed by atoms with E-state index in [2.05, 4.69) is 4.90 Å². The first kappa shape index (κ1) is 20.6. The summed E-state index contributed by atoms with van der Waals surface area (Å²) in [6, 6.07) is 11.3. The molecular weight excluding hydrogens is 370 g/mol. The predicted octanol–water partition coefficient (Wildman–Crippen LogP) is 5.31. The molecule has 0 saturated carbocycles. The number of benzene rings is 2. The Hall–Kier alpha value is -2.18. The molecule has 0 aromatic heterocycles. The van der Waals surface area contributed by atoms with Gasteiger partial charge in [-0.15, -0.1) is 0 Å². The third-order valence-electron chi connectivity index (χ3n) is 5.17. The molecule has 6 heteroatoms. The van der Waals surface area contributed by atoms with Crippen LogP contribution in [-0.2, 0) is 6.18 Å². The molecule has 1 atom stereocenters. The number of piperidine rings is 1. The molecule has 3 rings (SSSR count). The highest BCUT2D eigenvalue weighted by molar-refractivity contribution is 5.28. The molecule has 1 heterocycles. The molecule has 28 heavy (non-hydrogen) atoms. The van der Waals surface area contributed by atoms with Crippen molar-refractivity contribution >= 4 is 0 Å². The molecule has 2 aromatic rings. The summed E-state index contributed by atoms with van der Waals surface area (Å²) in [6.45, 7) is 2.24. The van der Waals surface area contributed by atoms with E-state index in [1.165, 1.54) is 24.3 Å². The van der Waals surface area contributed by atoms with Gasteiger partial charge in [0.05, 0.1) is 11.7 Å². The van der Waals surface area contributed by atoms with Crippen LogP contribution in [0.4, 0.5) is 17.6 Å². The predicted molar refractivity (Wildman–Crippen MR) is 100 cm³/mol. The monoisotopic (exact) mass is 393 g/mol. The van der Waals surface area contributed by atoms with Gasteiger partial charge in [0.15, 0.2) is 0 Å². The Kier molecular flexibility index (Phi) is 6.52. The van der Waals surface area contributed by atoms with Gasteiger partial charge in [-0.25, -0.2) is 4.39 Å². The van der Waals surface area contributed by atoms with E-state index < -0.39 is 17.8 Å². The standard InChI is InChI=1S/C22H23F4NO/c23-20-8-6-17(7-9-20)21(28)5-2-12-27-13-10-16(11-14-27)18-3-1-4-19(15-18)22(24,25)26/h1-9,15-16,21,28H,10-14H2/b5-2+. The summed E-state index contributed by atoms with van der Waals surface area (Å²) in [7, 11) is 0. The molecule has 1 fully saturated rings. The summed E-state index contributed by atoms with van der Waals surface area (Å²) in [5.74, 6) is -0.212. The second kappa shape index (κ2) is 8.88. The lowest BCUT2D eigenvalue weighted by Gasteiger charge is -2.31. The third kappa shape index (κ3) is 5.42. The van der Waals surface area contributed by atoms with Gasteiger partial charge < -0.3 is 5.11 Å². The lowest BCUT2D eigenvalue weighted by molar-refractivity contribution is -0.137. The minimum Gasteiger partial charge on any atom is -0.384 e. The molecule has 2 aromatic carbocycles. The van der Waals surface area contributed by atoms with Gasteiger partial charge in [0.25, 0.3) is 0 Å². The lowest BCUT2D eigenvalue weighted by Crippen LogP contribution is -2.33. The molecule has 1 aliphatic heterocycles. The average Bonchev–Trinajstić information content (AvgIpc) is 2.68. The second-order valence-electron chi connectivity index (χ2n) is 7.12. The maximum absolute atomic E-state index is 12.9. The molecule has 0 bridgehead atoms. The van der Waals surface area contributed by atoms with Crippen molar-refractivity contribution in [2.24, 2.45) is 0 Å². The van der Waals surface area contributed by atoms with Crippen LogP contribution in [0.2, 0.25) is 0 Å². The number of hydrogen-bond donors (Lipinski definition) is 1. The molecule has 0 radical (unpaired) electrons. The highest BCUT2D eigenvalue weighted by Gasteiger charge is 2.31. The van der Waals surface area contributed by atoms with Crippen molar-refractivity contribution in [2.75, 3.05) is 19.6 Å². The minimum absolute atomic E-state index is 0.132. The van der Waals surface area contributed by atoms with E-state index in [1.54, 1.807) is 24.3 Å². The number of aliphatic hydroxyl groups excluding tert-OH is 1. The van der Waals surface area contributed by atoms with Crippen LogP contribution in [0.3, 0.4) is 0 Å². The third-order valence-corrected chi connectivity index (χ3v) is 5.17. The van der Waals surface area contributed by atoms with Crippen molar-refractivity contribution in [2.45, 2.75) is 31.0 Å². The van der Waals surface area contributed by atoms with Crippen LogP contribution in [0.5, 0.6) is 0 Å². The molecular formula is C22H23F4NO. The van der Waals surface area contributed by atoms with E-state index in [1.807, 2.05) is 6.08 Å². The zero-order valence-corrected chi connectivity index (χ0v) is 15.4. The summed E-state index contributed by atoms with van der Waals surface area (Å²) in [6.07, 6.45) is 0.0476. The van der Waals surface area contributed by atoms with Crippen molar-refractivity contribution in [1.29, 1.82) is 0 Å². The molecule has 2 nitrogen and oxygen atoms in total. The number of likely N-dealkylation sites (tertiary alicyclic amines) is 1. The quantitative estimate of drug-likeness (QED) is 0.549. The summed E-state index contributed by atoms with van der Waals surface area (Å²) >= 11 is 0. The first-order valence-corrected chi connectivity index (χ1v) is 9.32. The Morgan fingerprint density at radius 1 is 1.07 bits per heavy atom. The lowest BCUT2D eigenvalue weighted by atomic mass is 9.88. The van der Waals surface area contributed by atoms with E-state index in [0.717, 1.165) is 37.6 Å². The van der Waals surface area contributed by atoms with Gasteiger partial charge in [-0.05, 0) is 61.2 Å². The molecule has 0 aliphatic carbocycles. The zero-order chi connectivity index (χ0) is 20.1. The second-order valence-corrected chi connectivity index (χ2v) is 7.12. The van der Waals surface area contributed by atoms with Gasteiger partial charge in [0.2, 0.25) is 0 Å². The number of rotatable bonds is 5. The van der Waals surface area contributed by atoms with Crippen LogP contribution < -0.4 is 0 Å². The SMILES string of the molecule is OC(/C=C/CN1CCC(c2cccc(C(F)(F)F)c2)CC1)c1ccc(F)cc1. The first-order chi connectivity index (χ1) is 13.3. The maximum Gasteiger partial charge on any atom is 0.416 e. The topological polar surface area (TPSA) is 23.5 Å². The van der Waals surface area contributed by atoms with Gasteiger partial charge in [0.1, 0.15) is 5.82 Å². The fourth-order valence-corrected chi connectivity index (χ4v) is 3.53. The van der Waals surface area contributed by atoms with Gasteiger partial charge in [-0.1, -0.05) is 42.5 Å². The maximum atomic E-state index is 12.9. The smallest absolute Gasteiger partial charge is 0.384 e. The van der Waals surface area contributed by atoms with Gasteiger partial charge in [-0.2, -0.15) is 13.2 Å². The van der Waals surface area contributed by atoms with Crippen molar-refractivity contribution in [3.05, 3.63) is 83.2 Å². The molecule has 1 aliphatic rings. The van der Waals surface area contributed by atoms with E-state index in [0.29, 0.717) is 12.1 Å². The highest BCUT2D eigenvalue weighted by atomic mass is 19.4. The van der Waals surface area contributed by atoms with Gasteiger partial charge in [-0.3, -0.25) is 4.90 Å². The van der Waals surface area contributed by atoms with Gasteiger partial charge >= 0.3 is 6.18 Å². The minimum atomic E-state index is -4.31. The van der Waals surface area contributed by atoms with Crippen LogP contribution in [0.25, 0.3) is 0 Å². The van der Waals surface area contributed by atoms with E-state index in [-0.39, 0.29) is 11.7 Å². The van der Waals surface area contributed by atoms with Crippen LogP contribution in [0.1, 0.15) is 41.6 Å². The molecule has 150 valence electrons. The van der Waals surface area contributed by atoms with Crippen molar-refractivity contribution < 1.29 is 22.7 Å². The van der Waals surface area contributed by atoms with Crippen LogP contribution in [0.15, 0.2) is 60.7 Å². The Morgan fingerprint density at radius 3 is 2.39 bits per heavy atom. The van der Waals surface area contributed by atoms with Crippen molar-refractivity contribution in [1.82, 2.24) is 4.90 Å². The number of nitrogens with zero attached hydrogens (tertiary/aromatic N) is 1. The van der Waals surface area contributed by atoms with Gasteiger partial charge in [0, 0.05) is 6.54 Å². The number of alkyl halides is 3. The first-order valence-electron chi connectivity index (χ1n) is 9.32. The van der Waals surface area contributed by atoms with E-state index in [9.17, 15) is 22.7 Å². The Balaban J connectivity index is 1.50. The largest absolute Gasteiger partial charge is 0.416 e. The average molecular weight is 393 g/mol. The molecule has 1 unspecified atom stereocenters. The Bertz CT molecular complexity index is 793. The Labute approximate surface area is 162 Å². The van der Waals surface area contributed by atoms with E-state index in [4.69, 9.17) is 0 Å². The highest BCUT2D eigenvalue weighted by Crippen LogP contribution is 2.34. The van der Waals surface area contributed by atoms with Crippen LogP contribution in [0, 0.1) is 5.82 Å². The number of halogens is 4. The summed E-state index contributed by atoms with van der Waals surface area (Å²) in [4.78, 5) is 2.21. The van der Waals surface area contributed by atoms with E-state index >= 15 is 0 Å². The zero-order valence-electron chi connectivity index (χ0n) is 15.4. The number of aliphatic hydroxyl groups is 1. The molecule has 0 amide bonds. The summed E-state index contributed by atoms with van der Waals surface area (Å²) < 4.78 is 51.6. The summed E-state index contributed by atoms with van der Waals surface area (Å²) in [5, 5.41) is 10.1. The molecule has 0 spiro atoms. The van der Waals surface area contributed by atoms with Crippen LogP contribution in [-0.4, -0.2) is 29.6 Å². The molecule has 1 N–H and O–H groups in total. The van der Waals surface area contributed by atoms with Crippen LogP contribution >= 0.6 is 0 Å². The van der Waals surface area contributed by atoms with Crippen molar-refractivity contribution in [3.8, 4) is 0 Å². The summed E-state index contributed by atoms with van der Waals surface area (Å²) in [5.41, 5.74) is 0.780. The molecule has 1 saturated heterocycles. The fraction of sp³-hybridized carbons (Fsp3) is 0.364. The normalized spacial score (nSPS) is 17.9. The fourth-order valence-electron chi connectivity index (χ4n) is 3.53.